The molecule has 2 heterocycles. The minimum atomic E-state index is 0.268. The molecule has 0 amide bonds. The van der Waals surface area contributed by atoms with Crippen molar-refractivity contribution in [3.05, 3.63) is 57.4 Å². The van der Waals surface area contributed by atoms with Gasteiger partial charge in [-0.15, -0.1) is 11.3 Å². The summed E-state index contributed by atoms with van der Waals surface area (Å²) >= 11 is 5.07. The predicted octanol–water partition coefficient (Wildman–Crippen LogP) is 5.00. The third-order valence-electron chi connectivity index (χ3n) is 3.31. The molecule has 108 valence electrons. The molecular weight excluding hydrogens is 358 g/mol. The number of nitrogens with zero attached hydrogens (tertiary/aromatic N) is 2. The van der Waals surface area contributed by atoms with Crippen molar-refractivity contribution in [2.45, 2.75) is 6.92 Å². The number of benzene rings is 1. The van der Waals surface area contributed by atoms with Crippen molar-refractivity contribution in [3.63, 3.8) is 0 Å². The average Bonchev–Trinajstić information content (AvgIpc) is 2.93. The molecule has 0 aliphatic heterocycles. The molecule has 2 aromatic heterocycles. The topological polar surface area (TPSA) is 62.7 Å². The normalized spacial score (nSPS) is 10.4. The monoisotopic (exact) mass is 369 g/mol. The van der Waals surface area contributed by atoms with Crippen molar-refractivity contribution >= 4 is 33.1 Å². The first-order chi connectivity index (χ1) is 10.6. The van der Waals surface area contributed by atoms with Crippen LogP contribution in [0.2, 0.25) is 0 Å². The lowest BCUT2D eigenvalue weighted by molar-refractivity contribution is 1.31. The van der Waals surface area contributed by atoms with E-state index in [4.69, 9.17) is 5.73 Å². The summed E-state index contributed by atoms with van der Waals surface area (Å²) in [5.74, 6) is 0.268. The van der Waals surface area contributed by atoms with Crippen molar-refractivity contribution in [2.24, 2.45) is 0 Å². The highest BCUT2D eigenvalue weighted by atomic mass is 79.9. The number of nitrogens with two attached hydrogens (primary N) is 1. The van der Waals surface area contributed by atoms with E-state index in [9.17, 15) is 5.26 Å². The fraction of sp³-hybridized carbons (Fsp3) is 0.0588. The van der Waals surface area contributed by atoms with Gasteiger partial charge in [-0.3, -0.25) is 0 Å². The summed E-state index contributed by atoms with van der Waals surface area (Å²) in [4.78, 5) is 6.60. The maximum absolute atomic E-state index is 9.39. The number of aromatic nitrogens is 1. The van der Waals surface area contributed by atoms with Crippen LogP contribution in [0, 0.1) is 18.3 Å². The van der Waals surface area contributed by atoms with Crippen molar-refractivity contribution in [3.8, 4) is 27.8 Å². The molecule has 0 saturated carbocycles. The Morgan fingerprint density at radius 3 is 2.50 bits per heavy atom. The zero-order chi connectivity index (χ0) is 15.7. The number of hydrogen-bond donors (Lipinski definition) is 1. The Hall–Kier alpha value is -2.16. The van der Waals surface area contributed by atoms with Gasteiger partial charge in [0.15, 0.2) is 0 Å². The van der Waals surface area contributed by atoms with Crippen LogP contribution in [0.1, 0.15) is 10.4 Å². The standard InChI is InChI=1S/C17H12BrN3S/c1-10-2-7-16(22-10)13-8-15(21-17(20)14(13)9-19)11-3-5-12(18)6-4-11/h2-8H,1H3,(H2,20,21). The molecule has 0 saturated heterocycles. The second-order valence-corrected chi connectivity index (χ2v) is 7.05. The molecule has 22 heavy (non-hydrogen) atoms. The summed E-state index contributed by atoms with van der Waals surface area (Å²) < 4.78 is 1.01. The molecule has 1 aromatic carbocycles. The summed E-state index contributed by atoms with van der Waals surface area (Å²) in [6.07, 6.45) is 0. The number of thiophene rings is 1. The highest BCUT2D eigenvalue weighted by Crippen LogP contribution is 2.35. The van der Waals surface area contributed by atoms with E-state index in [-0.39, 0.29) is 5.82 Å². The zero-order valence-corrected chi connectivity index (χ0v) is 14.2. The van der Waals surface area contributed by atoms with Crippen molar-refractivity contribution in [1.29, 1.82) is 5.26 Å². The zero-order valence-electron chi connectivity index (χ0n) is 11.8. The maximum atomic E-state index is 9.39. The Morgan fingerprint density at radius 2 is 1.91 bits per heavy atom. The molecule has 3 nitrogen and oxygen atoms in total. The van der Waals surface area contributed by atoms with Crippen LogP contribution in [-0.2, 0) is 0 Å². The van der Waals surface area contributed by atoms with Gasteiger partial charge in [-0.2, -0.15) is 5.26 Å². The lowest BCUT2D eigenvalue weighted by atomic mass is 10.0. The third kappa shape index (κ3) is 2.76. The lowest BCUT2D eigenvalue weighted by Crippen LogP contribution is -1.99. The van der Waals surface area contributed by atoms with Gasteiger partial charge in [0.05, 0.1) is 5.69 Å². The first kappa shape index (κ1) is 14.8. The van der Waals surface area contributed by atoms with Crippen LogP contribution in [0.25, 0.3) is 21.7 Å². The first-order valence-corrected chi connectivity index (χ1v) is 8.23. The van der Waals surface area contributed by atoms with Crippen molar-refractivity contribution in [1.82, 2.24) is 4.98 Å². The van der Waals surface area contributed by atoms with Crippen LogP contribution in [0.3, 0.4) is 0 Å². The number of rotatable bonds is 2. The van der Waals surface area contributed by atoms with Crippen molar-refractivity contribution < 1.29 is 0 Å². The molecule has 3 rings (SSSR count). The van der Waals surface area contributed by atoms with Crippen LogP contribution in [-0.4, -0.2) is 4.98 Å². The first-order valence-electron chi connectivity index (χ1n) is 6.62. The summed E-state index contributed by atoms with van der Waals surface area (Å²) in [6, 6.07) is 16.0. The molecule has 0 bridgehead atoms. The van der Waals surface area contributed by atoms with E-state index >= 15 is 0 Å². The average molecular weight is 370 g/mol. The molecule has 3 aromatic rings. The molecule has 0 atom stereocenters. The van der Waals surface area contributed by atoms with Crippen LogP contribution < -0.4 is 5.73 Å². The molecule has 0 radical (unpaired) electrons. The number of anilines is 1. The predicted molar refractivity (Wildman–Crippen MR) is 94.6 cm³/mol. The molecular formula is C17H12BrN3S. The Balaban J connectivity index is 2.20. The van der Waals surface area contributed by atoms with E-state index < -0.39 is 0 Å². The van der Waals surface area contributed by atoms with Crippen LogP contribution in [0.5, 0.6) is 0 Å². The van der Waals surface area contributed by atoms with E-state index in [2.05, 4.69) is 27.0 Å². The Bertz CT molecular complexity index is 876. The van der Waals surface area contributed by atoms with E-state index in [1.54, 1.807) is 11.3 Å². The van der Waals surface area contributed by atoms with Gasteiger partial charge in [0.1, 0.15) is 17.5 Å². The van der Waals surface area contributed by atoms with E-state index in [1.807, 2.05) is 49.4 Å². The van der Waals surface area contributed by atoms with E-state index in [0.29, 0.717) is 5.56 Å². The van der Waals surface area contributed by atoms with Gasteiger partial charge in [-0.1, -0.05) is 28.1 Å². The quantitative estimate of drug-likeness (QED) is 0.690. The number of halogens is 1. The lowest BCUT2D eigenvalue weighted by Gasteiger charge is -2.09. The fourth-order valence-corrected chi connectivity index (χ4v) is 3.38. The molecule has 0 unspecified atom stereocenters. The minimum absolute atomic E-state index is 0.268. The minimum Gasteiger partial charge on any atom is -0.383 e. The van der Waals surface area contributed by atoms with Gasteiger partial charge in [0.25, 0.3) is 0 Å². The molecule has 5 heteroatoms. The van der Waals surface area contributed by atoms with Crippen LogP contribution >= 0.6 is 27.3 Å². The third-order valence-corrected chi connectivity index (χ3v) is 4.87. The smallest absolute Gasteiger partial charge is 0.142 e. The molecule has 0 aliphatic carbocycles. The van der Waals surface area contributed by atoms with Gasteiger partial charge >= 0.3 is 0 Å². The number of pyridine rings is 1. The van der Waals surface area contributed by atoms with Crippen LogP contribution in [0.4, 0.5) is 5.82 Å². The number of nitriles is 1. The molecule has 0 fully saturated rings. The Labute approximate surface area is 141 Å². The van der Waals surface area contributed by atoms with Gasteiger partial charge in [0.2, 0.25) is 0 Å². The van der Waals surface area contributed by atoms with E-state index in [0.717, 1.165) is 26.2 Å². The van der Waals surface area contributed by atoms with Gasteiger partial charge in [-0.25, -0.2) is 4.98 Å². The highest BCUT2D eigenvalue weighted by Gasteiger charge is 2.14. The van der Waals surface area contributed by atoms with E-state index in [1.165, 1.54) is 4.88 Å². The maximum Gasteiger partial charge on any atom is 0.142 e. The van der Waals surface area contributed by atoms with Crippen molar-refractivity contribution in [2.75, 3.05) is 5.73 Å². The summed E-state index contributed by atoms with van der Waals surface area (Å²) in [6.45, 7) is 2.04. The Kier molecular flexibility index (Phi) is 3.97. The number of nitrogen functional groups attached to an aromatic ring is 1. The highest BCUT2D eigenvalue weighted by molar-refractivity contribution is 9.10. The Morgan fingerprint density at radius 1 is 1.18 bits per heavy atom. The fourth-order valence-electron chi connectivity index (χ4n) is 2.22. The van der Waals surface area contributed by atoms with Crippen LogP contribution in [0.15, 0.2) is 46.9 Å². The summed E-state index contributed by atoms with van der Waals surface area (Å²) in [7, 11) is 0. The molecule has 0 spiro atoms. The van der Waals surface area contributed by atoms with Gasteiger partial charge in [-0.05, 0) is 37.3 Å². The second-order valence-electron chi connectivity index (χ2n) is 4.84. The summed E-state index contributed by atoms with van der Waals surface area (Å²) in [5.41, 5.74) is 9.01. The molecule has 0 aliphatic rings. The second kappa shape index (κ2) is 5.91. The largest absolute Gasteiger partial charge is 0.383 e. The number of hydrogen-bond acceptors (Lipinski definition) is 4. The summed E-state index contributed by atoms with van der Waals surface area (Å²) in [5, 5.41) is 9.39. The SMILES string of the molecule is Cc1ccc(-c2cc(-c3ccc(Br)cc3)nc(N)c2C#N)s1. The van der Waals surface area contributed by atoms with Gasteiger partial charge < -0.3 is 5.73 Å². The molecule has 2 N–H and O–H groups in total. The number of aryl methyl sites for hydroxylation is 1. The van der Waals surface area contributed by atoms with Gasteiger partial charge in [0, 0.05) is 25.4 Å².